The number of nitrogens with zero attached hydrogens (tertiary/aromatic N) is 1. The van der Waals surface area contributed by atoms with Gasteiger partial charge in [-0.05, 0) is 42.8 Å². The van der Waals surface area contributed by atoms with E-state index >= 15 is 0 Å². The summed E-state index contributed by atoms with van der Waals surface area (Å²) in [4.78, 5) is 38.4. The number of anilines is 1. The Hall–Kier alpha value is -2.77. The van der Waals surface area contributed by atoms with Crippen molar-refractivity contribution in [3.8, 4) is 5.75 Å². The number of urea groups is 1. The maximum atomic E-state index is 12.9. The van der Waals surface area contributed by atoms with Gasteiger partial charge >= 0.3 is 6.03 Å². The molecule has 1 heterocycles. The molecule has 4 amide bonds. The molecule has 1 atom stereocenters. The van der Waals surface area contributed by atoms with Crippen molar-refractivity contribution in [2.75, 3.05) is 19.0 Å². The molecule has 2 aromatic carbocycles. The third-order valence-electron chi connectivity index (χ3n) is 4.45. The lowest BCUT2D eigenvalue weighted by molar-refractivity contribution is -0.133. The lowest BCUT2D eigenvalue weighted by Crippen LogP contribution is -2.42. The summed E-state index contributed by atoms with van der Waals surface area (Å²) >= 11 is 11.8. The van der Waals surface area contributed by atoms with E-state index in [1.807, 2.05) is 0 Å². The van der Waals surface area contributed by atoms with Gasteiger partial charge in [-0.25, -0.2) is 4.79 Å². The van der Waals surface area contributed by atoms with Crippen LogP contribution in [0.15, 0.2) is 42.5 Å². The molecule has 1 aliphatic rings. The molecule has 1 aliphatic heterocycles. The van der Waals surface area contributed by atoms with Gasteiger partial charge in [-0.15, -0.1) is 0 Å². The smallest absolute Gasteiger partial charge is 0.325 e. The highest BCUT2D eigenvalue weighted by molar-refractivity contribution is 6.42. The van der Waals surface area contributed by atoms with Crippen molar-refractivity contribution >= 4 is 46.7 Å². The van der Waals surface area contributed by atoms with E-state index in [4.69, 9.17) is 27.9 Å². The summed E-state index contributed by atoms with van der Waals surface area (Å²) in [5.41, 5.74) is -0.281. The largest absolute Gasteiger partial charge is 0.497 e. The average molecular weight is 422 g/mol. The van der Waals surface area contributed by atoms with Crippen molar-refractivity contribution in [1.82, 2.24) is 10.2 Å². The molecule has 0 aromatic heterocycles. The molecular formula is C19H17Cl2N3O4. The number of ether oxygens (including phenoxy) is 1. The van der Waals surface area contributed by atoms with E-state index in [0.717, 1.165) is 4.90 Å². The second kappa shape index (κ2) is 7.69. The normalized spacial score (nSPS) is 18.8. The second-order valence-electron chi connectivity index (χ2n) is 6.35. The Morgan fingerprint density at radius 2 is 1.82 bits per heavy atom. The monoisotopic (exact) mass is 421 g/mol. The molecule has 0 aliphatic carbocycles. The lowest BCUT2D eigenvalue weighted by atomic mass is 9.92. The Kier molecular flexibility index (Phi) is 5.49. The molecule has 7 nitrogen and oxygen atoms in total. The van der Waals surface area contributed by atoms with Crippen LogP contribution in [0.2, 0.25) is 10.0 Å². The molecule has 9 heteroatoms. The predicted octanol–water partition coefficient (Wildman–Crippen LogP) is 3.41. The number of carbonyl (C=O) groups is 3. The highest BCUT2D eigenvalue weighted by Crippen LogP contribution is 2.30. The van der Waals surface area contributed by atoms with Crippen LogP contribution >= 0.6 is 23.2 Å². The van der Waals surface area contributed by atoms with Gasteiger partial charge in [-0.2, -0.15) is 0 Å². The Morgan fingerprint density at radius 3 is 2.43 bits per heavy atom. The maximum Gasteiger partial charge on any atom is 0.325 e. The predicted molar refractivity (Wildman–Crippen MR) is 106 cm³/mol. The standard InChI is InChI=1S/C19H17Cl2N3O4/c1-19(11-3-6-13(28-2)7-4-11)17(26)24(18(27)23-19)10-16(25)22-12-5-8-14(20)15(21)9-12/h3-9H,10H2,1-2H3,(H,22,25)(H,23,27)/t19-/m0/s1. The third-order valence-corrected chi connectivity index (χ3v) is 5.19. The molecule has 2 aromatic rings. The third kappa shape index (κ3) is 3.76. The number of benzene rings is 2. The zero-order valence-corrected chi connectivity index (χ0v) is 16.6. The van der Waals surface area contributed by atoms with Crippen molar-refractivity contribution in [3.05, 3.63) is 58.1 Å². The van der Waals surface area contributed by atoms with Crippen LogP contribution in [0, 0.1) is 0 Å². The van der Waals surface area contributed by atoms with Crippen LogP contribution in [0.25, 0.3) is 0 Å². The molecule has 0 spiro atoms. The molecule has 0 unspecified atom stereocenters. The summed E-state index contributed by atoms with van der Waals surface area (Å²) in [6, 6.07) is 10.7. The minimum absolute atomic E-state index is 0.279. The van der Waals surface area contributed by atoms with Crippen molar-refractivity contribution in [2.45, 2.75) is 12.5 Å². The van der Waals surface area contributed by atoms with E-state index in [1.165, 1.54) is 19.2 Å². The number of halogens is 2. The highest BCUT2D eigenvalue weighted by Gasteiger charge is 2.49. The van der Waals surface area contributed by atoms with Crippen LogP contribution < -0.4 is 15.4 Å². The van der Waals surface area contributed by atoms with E-state index in [0.29, 0.717) is 22.0 Å². The Balaban J connectivity index is 1.73. The number of nitrogens with one attached hydrogen (secondary N) is 2. The van der Waals surface area contributed by atoms with Crippen LogP contribution in [0.5, 0.6) is 5.75 Å². The number of amides is 4. The molecule has 0 saturated carbocycles. The van der Waals surface area contributed by atoms with Gasteiger partial charge in [0.1, 0.15) is 17.8 Å². The van der Waals surface area contributed by atoms with E-state index in [2.05, 4.69) is 10.6 Å². The molecule has 146 valence electrons. The van der Waals surface area contributed by atoms with E-state index in [-0.39, 0.29) is 5.02 Å². The van der Waals surface area contributed by atoms with Crippen LogP contribution in [0.1, 0.15) is 12.5 Å². The minimum atomic E-state index is -1.27. The zero-order chi connectivity index (χ0) is 20.5. The van der Waals surface area contributed by atoms with Crippen LogP contribution in [-0.4, -0.2) is 36.4 Å². The number of imide groups is 1. The van der Waals surface area contributed by atoms with Crippen molar-refractivity contribution < 1.29 is 19.1 Å². The molecule has 2 N–H and O–H groups in total. The topological polar surface area (TPSA) is 87.7 Å². The fourth-order valence-electron chi connectivity index (χ4n) is 2.88. The quantitative estimate of drug-likeness (QED) is 0.723. The number of methoxy groups -OCH3 is 1. The Bertz CT molecular complexity index is 949. The van der Waals surface area contributed by atoms with Gasteiger partial charge in [-0.3, -0.25) is 14.5 Å². The van der Waals surface area contributed by atoms with Gasteiger partial charge in [0, 0.05) is 5.69 Å². The summed E-state index contributed by atoms with van der Waals surface area (Å²) < 4.78 is 5.11. The SMILES string of the molecule is COc1ccc([C@]2(C)NC(=O)N(CC(=O)Nc3ccc(Cl)c(Cl)c3)C2=O)cc1. The number of hydrogen-bond donors (Lipinski definition) is 2. The first-order chi connectivity index (χ1) is 13.2. The Morgan fingerprint density at radius 1 is 1.14 bits per heavy atom. The summed E-state index contributed by atoms with van der Waals surface area (Å²) in [5.74, 6) is -0.435. The molecule has 28 heavy (non-hydrogen) atoms. The van der Waals surface area contributed by atoms with Gasteiger partial charge in [0.25, 0.3) is 5.91 Å². The lowest BCUT2D eigenvalue weighted by Gasteiger charge is -2.22. The number of hydrogen-bond acceptors (Lipinski definition) is 4. The van der Waals surface area contributed by atoms with Gasteiger partial charge < -0.3 is 15.4 Å². The van der Waals surface area contributed by atoms with Gasteiger partial charge in [0.2, 0.25) is 5.91 Å². The first-order valence-electron chi connectivity index (χ1n) is 8.28. The number of rotatable bonds is 5. The highest BCUT2D eigenvalue weighted by atomic mass is 35.5. The fourth-order valence-corrected chi connectivity index (χ4v) is 3.18. The molecule has 3 rings (SSSR count). The maximum absolute atomic E-state index is 12.9. The van der Waals surface area contributed by atoms with Crippen molar-refractivity contribution in [3.63, 3.8) is 0 Å². The summed E-state index contributed by atoms with van der Waals surface area (Å²) in [5, 5.41) is 5.87. The molecule has 1 saturated heterocycles. The molecular weight excluding hydrogens is 405 g/mol. The fraction of sp³-hybridized carbons (Fsp3) is 0.211. The second-order valence-corrected chi connectivity index (χ2v) is 7.17. The first-order valence-corrected chi connectivity index (χ1v) is 9.04. The average Bonchev–Trinajstić information content (AvgIpc) is 2.89. The van der Waals surface area contributed by atoms with Gasteiger partial charge in [-0.1, -0.05) is 35.3 Å². The Labute approximate surface area is 171 Å². The molecule has 0 bridgehead atoms. The zero-order valence-electron chi connectivity index (χ0n) is 15.1. The van der Waals surface area contributed by atoms with Crippen LogP contribution in [-0.2, 0) is 15.1 Å². The van der Waals surface area contributed by atoms with E-state index < -0.39 is 29.9 Å². The summed E-state index contributed by atoms with van der Waals surface area (Å²) in [6.45, 7) is 1.16. The summed E-state index contributed by atoms with van der Waals surface area (Å²) in [7, 11) is 1.54. The molecule has 1 fully saturated rings. The summed E-state index contributed by atoms with van der Waals surface area (Å²) in [6.07, 6.45) is 0. The first kappa shape index (κ1) is 20.0. The molecule has 0 radical (unpaired) electrons. The van der Waals surface area contributed by atoms with E-state index in [1.54, 1.807) is 37.3 Å². The van der Waals surface area contributed by atoms with E-state index in [9.17, 15) is 14.4 Å². The van der Waals surface area contributed by atoms with Gasteiger partial charge in [0.15, 0.2) is 0 Å². The van der Waals surface area contributed by atoms with Crippen molar-refractivity contribution in [1.29, 1.82) is 0 Å². The van der Waals surface area contributed by atoms with Crippen LogP contribution in [0.4, 0.5) is 10.5 Å². The van der Waals surface area contributed by atoms with Crippen LogP contribution in [0.3, 0.4) is 0 Å². The number of carbonyl (C=O) groups excluding carboxylic acids is 3. The van der Waals surface area contributed by atoms with Gasteiger partial charge in [0.05, 0.1) is 17.2 Å². The minimum Gasteiger partial charge on any atom is -0.497 e. The van der Waals surface area contributed by atoms with Crippen molar-refractivity contribution in [2.24, 2.45) is 0 Å².